The van der Waals surface area contributed by atoms with Crippen LogP contribution in [0.5, 0.6) is 0 Å². The second kappa shape index (κ2) is 9.50. The van der Waals surface area contributed by atoms with Gasteiger partial charge in [-0.05, 0) is 36.1 Å². The van der Waals surface area contributed by atoms with Crippen molar-refractivity contribution in [1.82, 2.24) is 0 Å². The molecule has 4 nitrogen and oxygen atoms in total. The van der Waals surface area contributed by atoms with Gasteiger partial charge in [-0.2, -0.15) is 8.78 Å². The Hall–Kier alpha value is -2.41. The van der Waals surface area contributed by atoms with Gasteiger partial charge in [0.2, 0.25) is 0 Å². The second-order valence-electron chi connectivity index (χ2n) is 6.19. The number of hydrogen-bond acceptors (Lipinski definition) is 4. The van der Waals surface area contributed by atoms with Crippen molar-refractivity contribution in [3.63, 3.8) is 0 Å². The van der Waals surface area contributed by atoms with E-state index in [9.17, 15) is 18.4 Å². The molecule has 0 aliphatic rings. The number of nitrogens with one attached hydrogen (secondary N) is 1. The van der Waals surface area contributed by atoms with Gasteiger partial charge in [0.15, 0.2) is 6.61 Å². The number of aryl methyl sites for hydroxylation is 1. The second-order valence-corrected chi connectivity index (χ2v) is 7.22. The van der Waals surface area contributed by atoms with Crippen molar-refractivity contribution >= 4 is 29.3 Å². The zero-order chi connectivity index (χ0) is 20.0. The Morgan fingerprint density at radius 1 is 1.11 bits per heavy atom. The molecule has 7 heteroatoms. The lowest BCUT2D eigenvalue weighted by Crippen LogP contribution is -2.22. The highest BCUT2D eigenvalue weighted by molar-refractivity contribution is 7.99. The number of ether oxygens (including phenoxy) is 1. The van der Waals surface area contributed by atoms with Crippen LogP contribution in [-0.2, 0) is 9.53 Å². The summed E-state index contributed by atoms with van der Waals surface area (Å²) in [4.78, 5) is 24.5. The monoisotopic (exact) mass is 393 g/mol. The number of alkyl halides is 2. The van der Waals surface area contributed by atoms with E-state index in [0.29, 0.717) is 5.69 Å². The Morgan fingerprint density at radius 2 is 1.81 bits per heavy atom. The van der Waals surface area contributed by atoms with Crippen LogP contribution in [0.1, 0.15) is 41.3 Å². The highest BCUT2D eigenvalue weighted by atomic mass is 32.2. The number of carbonyl (C=O) groups excluding carboxylic acids is 2. The maximum atomic E-state index is 12.6. The molecule has 0 atom stereocenters. The van der Waals surface area contributed by atoms with Gasteiger partial charge in [0, 0.05) is 10.6 Å². The maximum Gasteiger partial charge on any atom is 0.339 e. The molecule has 0 saturated carbocycles. The molecule has 0 radical (unpaired) electrons. The van der Waals surface area contributed by atoms with E-state index in [1.54, 1.807) is 12.1 Å². The van der Waals surface area contributed by atoms with Crippen molar-refractivity contribution in [3.8, 4) is 0 Å². The molecule has 0 aromatic heterocycles. The van der Waals surface area contributed by atoms with Crippen molar-refractivity contribution in [2.75, 3.05) is 11.9 Å². The Kier molecular flexibility index (Phi) is 7.36. The number of rotatable bonds is 7. The minimum Gasteiger partial charge on any atom is -0.452 e. The summed E-state index contributed by atoms with van der Waals surface area (Å²) in [5, 5.41) is 2.77. The van der Waals surface area contributed by atoms with Gasteiger partial charge in [-0.15, -0.1) is 0 Å². The molecule has 1 amide bonds. The van der Waals surface area contributed by atoms with E-state index < -0.39 is 24.2 Å². The largest absolute Gasteiger partial charge is 0.452 e. The van der Waals surface area contributed by atoms with Crippen molar-refractivity contribution in [2.24, 2.45) is 0 Å². The Bertz CT molecular complexity index is 825. The molecule has 1 N–H and O–H groups in total. The first-order chi connectivity index (χ1) is 12.8. The van der Waals surface area contributed by atoms with Crippen molar-refractivity contribution in [3.05, 3.63) is 59.2 Å². The molecule has 0 bridgehead atoms. The minimum atomic E-state index is -2.65. The summed E-state index contributed by atoms with van der Waals surface area (Å²) in [6, 6.07) is 11.6. The summed E-state index contributed by atoms with van der Waals surface area (Å²) in [5.74, 6) is -3.75. The van der Waals surface area contributed by atoms with E-state index in [1.807, 2.05) is 39.0 Å². The summed E-state index contributed by atoms with van der Waals surface area (Å²) in [6.45, 7) is 5.41. The van der Waals surface area contributed by atoms with E-state index in [0.717, 1.165) is 11.1 Å². The van der Waals surface area contributed by atoms with Gasteiger partial charge in [-0.1, -0.05) is 55.9 Å². The molecule has 144 valence electrons. The predicted molar refractivity (Wildman–Crippen MR) is 102 cm³/mol. The number of benzene rings is 2. The summed E-state index contributed by atoms with van der Waals surface area (Å²) in [7, 11) is 0. The maximum absolute atomic E-state index is 12.6. The van der Waals surface area contributed by atoms with Crippen LogP contribution in [0.3, 0.4) is 0 Å². The summed E-state index contributed by atoms with van der Waals surface area (Å²) in [5.41, 5.74) is 2.59. The van der Waals surface area contributed by atoms with Crippen LogP contribution in [0, 0.1) is 6.92 Å². The quantitative estimate of drug-likeness (QED) is 0.517. The number of thioether (sulfide) groups is 1. The lowest BCUT2D eigenvalue weighted by atomic mass is 9.98. The average molecular weight is 393 g/mol. The number of carbonyl (C=O) groups is 2. The number of anilines is 1. The van der Waals surface area contributed by atoms with Gasteiger partial charge in [-0.25, -0.2) is 4.79 Å². The first-order valence-corrected chi connectivity index (χ1v) is 9.28. The minimum absolute atomic E-state index is 0.00867. The number of para-hydroxylation sites is 1. The Balaban J connectivity index is 2.04. The first-order valence-electron chi connectivity index (χ1n) is 8.40. The van der Waals surface area contributed by atoms with Gasteiger partial charge >= 0.3 is 5.97 Å². The Labute approximate surface area is 161 Å². The molecule has 0 unspecified atom stereocenters. The molecule has 2 aromatic carbocycles. The first kappa shape index (κ1) is 20.9. The van der Waals surface area contributed by atoms with Crippen LogP contribution < -0.4 is 5.32 Å². The molecular formula is C20H21F2NO3S. The molecule has 2 rings (SSSR count). The molecule has 0 aliphatic heterocycles. The fraction of sp³-hybridized carbons (Fsp3) is 0.300. The summed E-state index contributed by atoms with van der Waals surface area (Å²) >= 11 is 0.263. The fourth-order valence-corrected chi connectivity index (χ4v) is 3.19. The van der Waals surface area contributed by atoms with Gasteiger partial charge in [0.25, 0.3) is 11.7 Å². The summed E-state index contributed by atoms with van der Waals surface area (Å²) < 4.78 is 30.2. The van der Waals surface area contributed by atoms with Crippen LogP contribution in [0.25, 0.3) is 0 Å². The molecule has 27 heavy (non-hydrogen) atoms. The van der Waals surface area contributed by atoms with Crippen LogP contribution in [0.4, 0.5) is 14.5 Å². The average Bonchev–Trinajstić information content (AvgIpc) is 2.61. The third-order valence-corrected chi connectivity index (χ3v) is 4.64. The molecular weight excluding hydrogens is 372 g/mol. The number of esters is 1. The van der Waals surface area contributed by atoms with E-state index in [-0.39, 0.29) is 28.1 Å². The third-order valence-electron chi connectivity index (χ3n) is 3.85. The van der Waals surface area contributed by atoms with Crippen LogP contribution in [0.15, 0.2) is 47.4 Å². The fourth-order valence-electron chi connectivity index (χ4n) is 2.56. The predicted octanol–water partition coefficient (Wildman–Crippen LogP) is 5.23. The van der Waals surface area contributed by atoms with Crippen LogP contribution >= 0.6 is 11.8 Å². The van der Waals surface area contributed by atoms with Crippen molar-refractivity contribution in [1.29, 1.82) is 0 Å². The van der Waals surface area contributed by atoms with Gasteiger partial charge in [0.05, 0.1) is 5.56 Å². The Morgan fingerprint density at radius 3 is 2.48 bits per heavy atom. The van der Waals surface area contributed by atoms with Crippen LogP contribution in [-0.4, -0.2) is 24.2 Å². The highest BCUT2D eigenvalue weighted by Crippen LogP contribution is 2.29. The molecule has 0 fully saturated rings. The van der Waals surface area contributed by atoms with E-state index >= 15 is 0 Å². The van der Waals surface area contributed by atoms with Gasteiger partial charge in [-0.3, -0.25) is 4.79 Å². The van der Waals surface area contributed by atoms with Gasteiger partial charge in [0.1, 0.15) is 0 Å². The zero-order valence-electron chi connectivity index (χ0n) is 15.3. The lowest BCUT2D eigenvalue weighted by Gasteiger charge is -2.16. The smallest absolute Gasteiger partial charge is 0.339 e. The molecule has 0 heterocycles. The van der Waals surface area contributed by atoms with Gasteiger partial charge < -0.3 is 10.1 Å². The van der Waals surface area contributed by atoms with Crippen molar-refractivity contribution in [2.45, 2.75) is 37.3 Å². The van der Waals surface area contributed by atoms with E-state index in [4.69, 9.17) is 4.74 Å². The van der Waals surface area contributed by atoms with Crippen LogP contribution in [0.2, 0.25) is 0 Å². The zero-order valence-corrected chi connectivity index (χ0v) is 16.1. The lowest BCUT2D eigenvalue weighted by molar-refractivity contribution is -0.119. The molecule has 2 aromatic rings. The topological polar surface area (TPSA) is 55.4 Å². The SMILES string of the molecule is Cc1cccc(C(C)C)c1NC(=O)COC(=O)c1ccccc1SC(F)F. The van der Waals surface area contributed by atoms with E-state index in [1.165, 1.54) is 12.1 Å². The molecule has 0 spiro atoms. The number of amides is 1. The summed E-state index contributed by atoms with van der Waals surface area (Å²) in [6.07, 6.45) is 0. The molecule has 0 saturated heterocycles. The standard InChI is InChI=1S/C20H21F2NO3S/c1-12(2)14-9-6-7-13(3)18(14)23-17(24)11-26-19(25)15-8-4-5-10-16(15)27-20(21)22/h4-10,12,20H,11H2,1-3H3,(H,23,24). The number of hydrogen-bond donors (Lipinski definition) is 1. The number of halogens is 2. The third kappa shape index (κ3) is 5.79. The van der Waals surface area contributed by atoms with E-state index in [2.05, 4.69) is 5.32 Å². The van der Waals surface area contributed by atoms with Crippen molar-refractivity contribution < 1.29 is 23.1 Å². The normalized spacial score (nSPS) is 10.9. The highest BCUT2D eigenvalue weighted by Gasteiger charge is 2.18. The molecule has 0 aliphatic carbocycles.